The summed E-state index contributed by atoms with van der Waals surface area (Å²) in [5.41, 5.74) is -0.459. The van der Waals surface area contributed by atoms with Crippen LogP contribution < -0.4 is 0 Å². The highest BCUT2D eigenvalue weighted by Gasteiger charge is 2.36. The van der Waals surface area contributed by atoms with E-state index in [9.17, 15) is 4.79 Å². The van der Waals surface area contributed by atoms with Gasteiger partial charge in [-0.15, -0.1) is 0 Å². The first-order chi connectivity index (χ1) is 8.35. The van der Waals surface area contributed by atoms with Crippen LogP contribution in [0, 0.1) is 5.92 Å². The Morgan fingerprint density at radius 2 is 2.11 bits per heavy atom. The molecular weight excluding hydrogens is 228 g/mol. The van der Waals surface area contributed by atoms with E-state index in [4.69, 9.17) is 9.15 Å². The molecule has 1 aliphatic carbocycles. The van der Waals surface area contributed by atoms with Gasteiger partial charge in [0.05, 0.1) is 0 Å². The van der Waals surface area contributed by atoms with Gasteiger partial charge in [-0.05, 0) is 51.3 Å². The summed E-state index contributed by atoms with van der Waals surface area (Å²) in [6.07, 6.45) is 4.26. The molecule has 98 valence electrons. The van der Waals surface area contributed by atoms with Crippen LogP contribution in [0.3, 0.4) is 0 Å². The lowest BCUT2D eigenvalue weighted by molar-refractivity contribution is -0.148. The van der Waals surface area contributed by atoms with Crippen molar-refractivity contribution in [2.45, 2.75) is 45.6 Å². The molecule has 0 saturated heterocycles. The fourth-order valence-electron chi connectivity index (χ4n) is 1.86. The highest BCUT2D eigenvalue weighted by molar-refractivity contribution is 5.86. The van der Waals surface area contributed by atoms with Gasteiger partial charge >= 0.3 is 5.97 Å². The summed E-state index contributed by atoms with van der Waals surface area (Å²) in [4.78, 5) is 11.5. The Labute approximate surface area is 108 Å². The zero-order valence-electron chi connectivity index (χ0n) is 11.4. The lowest BCUT2D eigenvalue weighted by Gasteiger charge is -2.17. The fourth-order valence-corrected chi connectivity index (χ4v) is 1.86. The van der Waals surface area contributed by atoms with E-state index in [-0.39, 0.29) is 5.97 Å². The minimum atomic E-state index is -0.459. The molecule has 0 bridgehead atoms. The average Bonchev–Trinajstić information content (AvgIpc) is 2.77. The molecule has 2 unspecified atom stereocenters. The van der Waals surface area contributed by atoms with Crippen LogP contribution in [-0.2, 0) is 9.53 Å². The predicted octanol–water partition coefficient (Wildman–Crippen LogP) is 3.76. The molecule has 1 heterocycles. The van der Waals surface area contributed by atoms with Gasteiger partial charge in [0, 0.05) is 12.0 Å². The smallest absolute Gasteiger partial charge is 0.331 e. The summed E-state index contributed by atoms with van der Waals surface area (Å²) in [6.45, 7) is 7.75. The minimum Gasteiger partial charge on any atom is -0.461 e. The third kappa shape index (κ3) is 3.49. The topological polar surface area (TPSA) is 39.4 Å². The van der Waals surface area contributed by atoms with E-state index in [0.717, 1.165) is 11.7 Å². The molecule has 0 spiro atoms. The maximum Gasteiger partial charge on any atom is 0.331 e. The summed E-state index contributed by atoms with van der Waals surface area (Å²) in [7, 11) is 0. The van der Waals surface area contributed by atoms with Crippen LogP contribution in [0.2, 0.25) is 0 Å². The first-order valence-corrected chi connectivity index (χ1v) is 6.36. The van der Waals surface area contributed by atoms with Crippen LogP contribution in [-0.4, -0.2) is 11.6 Å². The Morgan fingerprint density at radius 1 is 1.44 bits per heavy atom. The van der Waals surface area contributed by atoms with Crippen LogP contribution in [0.5, 0.6) is 0 Å². The molecule has 0 aliphatic heterocycles. The normalized spacial score (nSPS) is 23.3. The van der Waals surface area contributed by atoms with E-state index in [1.807, 2.05) is 32.9 Å². The van der Waals surface area contributed by atoms with Gasteiger partial charge in [0.2, 0.25) is 0 Å². The number of hydrogen-bond donors (Lipinski definition) is 0. The molecule has 1 saturated carbocycles. The third-order valence-corrected chi connectivity index (χ3v) is 2.91. The van der Waals surface area contributed by atoms with Gasteiger partial charge in [-0.25, -0.2) is 4.79 Å². The van der Waals surface area contributed by atoms with Crippen molar-refractivity contribution in [3.8, 4) is 0 Å². The van der Waals surface area contributed by atoms with Crippen molar-refractivity contribution < 1.29 is 13.9 Å². The summed E-state index contributed by atoms with van der Waals surface area (Å²) in [6, 6.07) is 3.88. The van der Waals surface area contributed by atoms with Crippen LogP contribution in [0.25, 0.3) is 6.08 Å². The van der Waals surface area contributed by atoms with Crippen LogP contribution >= 0.6 is 0 Å². The van der Waals surface area contributed by atoms with Crippen LogP contribution in [0.1, 0.15) is 51.6 Å². The summed E-state index contributed by atoms with van der Waals surface area (Å²) >= 11 is 0. The molecule has 2 rings (SSSR count). The molecular formula is C15H20O3. The Kier molecular flexibility index (Phi) is 3.33. The number of carbonyl (C=O) groups is 1. The third-order valence-electron chi connectivity index (χ3n) is 2.91. The van der Waals surface area contributed by atoms with Crippen molar-refractivity contribution in [3.63, 3.8) is 0 Å². The van der Waals surface area contributed by atoms with E-state index in [0.29, 0.717) is 11.7 Å². The zero-order chi connectivity index (χ0) is 13.3. The summed E-state index contributed by atoms with van der Waals surface area (Å²) in [5.74, 6) is 2.66. The Morgan fingerprint density at radius 3 is 2.67 bits per heavy atom. The first-order valence-electron chi connectivity index (χ1n) is 6.36. The molecule has 0 radical (unpaired) electrons. The minimum absolute atomic E-state index is 0.347. The second-order valence-electron chi connectivity index (χ2n) is 5.93. The van der Waals surface area contributed by atoms with Crippen molar-refractivity contribution in [1.29, 1.82) is 0 Å². The molecule has 2 atom stereocenters. The van der Waals surface area contributed by atoms with Gasteiger partial charge < -0.3 is 9.15 Å². The highest BCUT2D eigenvalue weighted by atomic mass is 16.6. The second kappa shape index (κ2) is 4.63. The molecule has 1 aromatic heterocycles. The first kappa shape index (κ1) is 12.9. The lowest BCUT2D eigenvalue weighted by atomic mass is 10.2. The Balaban J connectivity index is 1.93. The quantitative estimate of drug-likeness (QED) is 0.604. The molecule has 0 aromatic carbocycles. The molecule has 0 amide bonds. The monoisotopic (exact) mass is 248 g/mol. The Bertz CT molecular complexity index is 462. The van der Waals surface area contributed by atoms with Gasteiger partial charge in [-0.2, -0.15) is 0 Å². The molecule has 1 aliphatic rings. The van der Waals surface area contributed by atoms with Gasteiger partial charge in [-0.1, -0.05) is 6.92 Å². The van der Waals surface area contributed by atoms with Gasteiger partial charge in [0.25, 0.3) is 0 Å². The van der Waals surface area contributed by atoms with E-state index < -0.39 is 5.60 Å². The fraction of sp³-hybridized carbons (Fsp3) is 0.533. The molecule has 1 aromatic rings. The second-order valence-corrected chi connectivity index (χ2v) is 5.93. The maximum absolute atomic E-state index is 11.5. The van der Waals surface area contributed by atoms with Crippen molar-refractivity contribution in [2.75, 3.05) is 0 Å². The SMILES string of the molecule is CC1CC1c1ccc(C=CC(=O)OC(C)(C)C)o1. The van der Waals surface area contributed by atoms with Crippen molar-refractivity contribution in [1.82, 2.24) is 0 Å². The molecule has 3 nitrogen and oxygen atoms in total. The van der Waals surface area contributed by atoms with E-state index in [1.54, 1.807) is 6.08 Å². The lowest BCUT2D eigenvalue weighted by Crippen LogP contribution is -2.22. The van der Waals surface area contributed by atoms with Gasteiger partial charge in [0.1, 0.15) is 17.1 Å². The molecule has 0 N–H and O–H groups in total. The number of furan rings is 1. The van der Waals surface area contributed by atoms with Crippen LogP contribution in [0.15, 0.2) is 22.6 Å². The van der Waals surface area contributed by atoms with E-state index in [2.05, 4.69) is 6.92 Å². The van der Waals surface area contributed by atoms with Gasteiger partial charge in [0.15, 0.2) is 0 Å². The molecule has 3 heteroatoms. The van der Waals surface area contributed by atoms with Crippen molar-refractivity contribution >= 4 is 12.0 Å². The summed E-state index contributed by atoms with van der Waals surface area (Å²) in [5, 5.41) is 0. The zero-order valence-corrected chi connectivity index (χ0v) is 11.4. The molecule has 1 fully saturated rings. The highest BCUT2D eigenvalue weighted by Crippen LogP contribution is 2.47. The average molecular weight is 248 g/mol. The standard InChI is InChI=1S/C15H20O3/c1-10-9-12(10)13-7-5-11(17-13)6-8-14(16)18-15(2,3)4/h5-8,10,12H,9H2,1-4H3. The largest absolute Gasteiger partial charge is 0.461 e. The van der Waals surface area contributed by atoms with Crippen molar-refractivity contribution in [3.05, 3.63) is 29.7 Å². The Hall–Kier alpha value is -1.51. The number of ether oxygens (including phenoxy) is 1. The number of hydrogen-bond acceptors (Lipinski definition) is 3. The maximum atomic E-state index is 11.5. The predicted molar refractivity (Wildman–Crippen MR) is 70.1 cm³/mol. The van der Waals surface area contributed by atoms with E-state index in [1.165, 1.54) is 12.5 Å². The van der Waals surface area contributed by atoms with E-state index >= 15 is 0 Å². The van der Waals surface area contributed by atoms with Crippen LogP contribution in [0.4, 0.5) is 0 Å². The number of rotatable bonds is 3. The number of esters is 1. The van der Waals surface area contributed by atoms with Crippen molar-refractivity contribution in [2.24, 2.45) is 5.92 Å². The van der Waals surface area contributed by atoms with Gasteiger partial charge in [-0.3, -0.25) is 0 Å². The summed E-state index contributed by atoms with van der Waals surface area (Å²) < 4.78 is 10.8. The molecule has 18 heavy (non-hydrogen) atoms. The number of carbonyl (C=O) groups excluding carboxylic acids is 1.